The van der Waals surface area contributed by atoms with E-state index >= 15 is 0 Å². The van der Waals surface area contributed by atoms with Crippen molar-refractivity contribution in [2.24, 2.45) is 7.05 Å². The minimum absolute atomic E-state index is 0.123. The lowest BCUT2D eigenvalue weighted by Crippen LogP contribution is -2.23. The molecule has 3 aromatic rings. The van der Waals surface area contributed by atoms with Gasteiger partial charge >= 0.3 is 0 Å². The molecule has 22 heavy (non-hydrogen) atoms. The van der Waals surface area contributed by atoms with Gasteiger partial charge in [0.1, 0.15) is 11.3 Å². The lowest BCUT2D eigenvalue weighted by Gasteiger charge is -2.06. The van der Waals surface area contributed by atoms with Crippen molar-refractivity contribution in [3.8, 4) is 0 Å². The fraction of sp³-hybridized carbons (Fsp3) is 0.400. The highest BCUT2D eigenvalue weighted by molar-refractivity contribution is 5.76. The van der Waals surface area contributed by atoms with E-state index < -0.39 is 0 Å². The van der Waals surface area contributed by atoms with Crippen LogP contribution in [-0.4, -0.2) is 29.3 Å². The van der Waals surface area contributed by atoms with Crippen LogP contribution in [0.2, 0.25) is 0 Å². The number of rotatable bonds is 3. The van der Waals surface area contributed by atoms with Crippen molar-refractivity contribution in [1.82, 2.24) is 29.3 Å². The predicted octanol–water partition coefficient (Wildman–Crippen LogP) is 1.15. The van der Waals surface area contributed by atoms with Crippen LogP contribution >= 0.6 is 0 Å². The van der Waals surface area contributed by atoms with Gasteiger partial charge in [0.15, 0.2) is 5.52 Å². The molecule has 114 valence electrons. The minimum Gasteiger partial charge on any atom is -0.290 e. The first-order valence-corrected chi connectivity index (χ1v) is 7.21. The molecule has 3 aromatic heterocycles. The summed E-state index contributed by atoms with van der Waals surface area (Å²) in [5, 5.41) is 4.36. The van der Waals surface area contributed by atoms with Crippen LogP contribution in [0.1, 0.15) is 29.8 Å². The molecular formula is C15H18N6O. The molecule has 7 nitrogen and oxygen atoms in total. The average Bonchev–Trinajstić information content (AvgIpc) is 2.78. The second kappa shape index (κ2) is 5.32. The zero-order valence-electron chi connectivity index (χ0n) is 13.2. The first-order valence-electron chi connectivity index (χ1n) is 7.21. The summed E-state index contributed by atoms with van der Waals surface area (Å²) in [4.78, 5) is 25.8. The third-order valence-electron chi connectivity index (χ3n) is 3.56. The van der Waals surface area contributed by atoms with Gasteiger partial charge in [-0.05, 0) is 26.3 Å². The van der Waals surface area contributed by atoms with Gasteiger partial charge in [0.2, 0.25) is 0 Å². The predicted molar refractivity (Wildman–Crippen MR) is 82.8 cm³/mol. The van der Waals surface area contributed by atoms with E-state index in [1.54, 1.807) is 18.1 Å². The molecule has 0 saturated carbocycles. The van der Waals surface area contributed by atoms with Crippen molar-refractivity contribution >= 4 is 11.0 Å². The second-order valence-electron chi connectivity index (χ2n) is 5.37. The van der Waals surface area contributed by atoms with Crippen LogP contribution in [0.15, 0.2) is 17.2 Å². The zero-order valence-corrected chi connectivity index (χ0v) is 13.2. The van der Waals surface area contributed by atoms with Gasteiger partial charge in [0.05, 0.1) is 18.6 Å². The van der Waals surface area contributed by atoms with Gasteiger partial charge in [-0.1, -0.05) is 6.92 Å². The smallest absolute Gasteiger partial charge is 0.279 e. The van der Waals surface area contributed by atoms with Crippen molar-refractivity contribution in [1.29, 1.82) is 0 Å². The van der Waals surface area contributed by atoms with Crippen LogP contribution in [0.5, 0.6) is 0 Å². The summed E-state index contributed by atoms with van der Waals surface area (Å²) in [5.74, 6) is 0.610. The molecule has 3 heterocycles. The summed E-state index contributed by atoms with van der Waals surface area (Å²) in [6, 6.07) is 1.91. The van der Waals surface area contributed by atoms with Gasteiger partial charge in [-0.15, -0.1) is 0 Å². The molecule has 7 heteroatoms. The summed E-state index contributed by atoms with van der Waals surface area (Å²) in [5.41, 5.74) is 3.68. The van der Waals surface area contributed by atoms with Gasteiger partial charge in [-0.2, -0.15) is 5.10 Å². The molecule has 0 fully saturated rings. The van der Waals surface area contributed by atoms with Crippen molar-refractivity contribution in [3.05, 3.63) is 45.7 Å². The van der Waals surface area contributed by atoms with E-state index in [1.807, 2.05) is 26.8 Å². The number of hydrogen-bond donors (Lipinski definition) is 0. The Kier molecular flexibility index (Phi) is 3.48. The molecule has 0 amide bonds. The SMILES string of the molecule is CCc1nn(C)c2c(=O)n(Cc3nc(C)cc(C)n3)cnc12. The Hall–Kier alpha value is -2.57. The van der Waals surface area contributed by atoms with E-state index in [0.717, 1.165) is 23.5 Å². The zero-order chi connectivity index (χ0) is 15.9. The van der Waals surface area contributed by atoms with Gasteiger partial charge < -0.3 is 0 Å². The van der Waals surface area contributed by atoms with E-state index in [4.69, 9.17) is 0 Å². The molecule has 3 rings (SSSR count). The van der Waals surface area contributed by atoms with Crippen LogP contribution in [0, 0.1) is 13.8 Å². The third kappa shape index (κ3) is 2.38. The van der Waals surface area contributed by atoms with Gasteiger partial charge in [0.25, 0.3) is 5.56 Å². The molecule has 0 aliphatic carbocycles. The number of aromatic nitrogens is 6. The van der Waals surface area contributed by atoms with Crippen molar-refractivity contribution in [2.45, 2.75) is 33.7 Å². The maximum Gasteiger partial charge on any atom is 0.279 e. The maximum atomic E-state index is 12.7. The number of nitrogens with zero attached hydrogens (tertiary/aromatic N) is 6. The largest absolute Gasteiger partial charge is 0.290 e. The monoisotopic (exact) mass is 298 g/mol. The first kappa shape index (κ1) is 14.4. The van der Waals surface area contributed by atoms with Crippen molar-refractivity contribution in [2.75, 3.05) is 0 Å². The Morgan fingerprint density at radius 3 is 2.50 bits per heavy atom. The normalized spacial score (nSPS) is 11.3. The molecule has 0 radical (unpaired) electrons. The topological polar surface area (TPSA) is 78.5 Å². The summed E-state index contributed by atoms with van der Waals surface area (Å²) in [7, 11) is 1.77. The molecular weight excluding hydrogens is 280 g/mol. The summed E-state index contributed by atoms with van der Waals surface area (Å²) < 4.78 is 3.13. The third-order valence-corrected chi connectivity index (χ3v) is 3.56. The van der Waals surface area contributed by atoms with E-state index in [-0.39, 0.29) is 5.56 Å². The fourth-order valence-corrected chi connectivity index (χ4v) is 2.63. The van der Waals surface area contributed by atoms with Crippen LogP contribution < -0.4 is 5.56 Å². The Balaban J connectivity index is 2.10. The second-order valence-corrected chi connectivity index (χ2v) is 5.37. The lowest BCUT2D eigenvalue weighted by atomic mass is 10.3. The molecule has 0 atom stereocenters. The highest BCUT2D eigenvalue weighted by Gasteiger charge is 2.14. The minimum atomic E-state index is -0.123. The van der Waals surface area contributed by atoms with E-state index in [9.17, 15) is 4.79 Å². The molecule has 0 spiro atoms. The molecule has 0 N–H and O–H groups in total. The molecule has 0 unspecified atom stereocenters. The Morgan fingerprint density at radius 1 is 1.18 bits per heavy atom. The maximum absolute atomic E-state index is 12.7. The Morgan fingerprint density at radius 2 is 1.86 bits per heavy atom. The number of fused-ring (bicyclic) bond motifs is 1. The van der Waals surface area contributed by atoms with Crippen LogP contribution in [0.25, 0.3) is 11.0 Å². The lowest BCUT2D eigenvalue weighted by molar-refractivity contribution is 0.690. The van der Waals surface area contributed by atoms with E-state index in [0.29, 0.717) is 23.4 Å². The highest BCUT2D eigenvalue weighted by atomic mass is 16.1. The number of aryl methyl sites for hydroxylation is 4. The standard InChI is InChI=1S/C15H18N6O/c1-5-11-13-14(20(4)19-11)15(22)21(8-16-13)7-12-17-9(2)6-10(3)18-12/h6,8H,5,7H2,1-4H3. The molecule has 0 bridgehead atoms. The molecule has 0 aliphatic heterocycles. The number of hydrogen-bond acceptors (Lipinski definition) is 5. The Labute approximate surface area is 127 Å². The van der Waals surface area contributed by atoms with Gasteiger partial charge in [-0.25, -0.2) is 15.0 Å². The fourth-order valence-electron chi connectivity index (χ4n) is 2.63. The summed E-state index contributed by atoms with van der Waals surface area (Å²) in [6.45, 7) is 6.13. The quantitative estimate of drug-likeness (QED) is 0.724. The average molecular weight is 298 g/mol. The van der Waals surface area contributed by atoms with Gasteiger partial charge in [-0.3, -0.25) is 14.0 Å². The van der Waals surface area contributed by atoms with Crippen molar-refractivity contribution < 1.29 is 0 Å². The summed E-state index contributed by atoms with van der Waals surface area (Å²) in [6.07, 6.45) is 2.29. The highest BCUT2D eigenvalue weighted by Crippen LogP contribution is 2.12. The van der Waals surface area contributed by atoms with Crippen LogP contribution in [0.4, 0.5) is 0 Å². The van der Waals surface area contributed by atoms with Gasteiger partial charge in [0, 0.05) is 18.4 Å². The van der Waals surface area contributed by atoms with E-state index in [2.05, 4.69) is 20.1 Å². The van der Waals surface area contributed by atoms with E-state index in [1.165, 1.54) is 4.57 Å². The molecule has 0 saturated heterocycles. The first-order chi connectivity index (χ1) is 10.5. The molecule has 0 aromatic carbocycles. The van der Waals surface area contributed by atoms with Crippen molar-refractivity contribution in [3.63, 3.8) is 0 Å². The summed E-state index contributed by atoms with van der Waals surface area (Å²) >= 11 is 0. The Bertz CT molecular complexity index is 888. The molecule has 0 aliphatic rings. The van der Waals surface area contributed by atoms with Crippen LogP contribution in [0.3, 0.4) is 0 Å². The van der Waals surface area contributed by atoms with Crippen LogP contribution in [-0.2, 0) is 20.0 Å².